The number of ether oxygens (including phenoxy) is 2. The molecule has 26 heavy (non-hydrogen) atoms. The van der Waals surface area contributed by atoms with Gasteiger partial charge in [0.25, 0.3) is 5.56 Å². The monoisotopic (exact) mass is 422 g/mol. The van der Waals surface area contributed by atoms with Crippen molar-refractivity contribution in [2.75, 3.05) is 7.11 Å². The minimum absolute atomic E-state index is 0.0187. The van der Waals surface area contributed by atoms with Gasteiger partial charge in [0.1, 0.15) is 12.4 Å². The van der Waals surface area contributed by atoms with E-state index in [0.717, 1.165) is 4.57 Å². The predicted molar refractivity (Wildman–Crippen MR) is 101 cm³/mol. The number of benzene rings is 1. The summed E-state index contributed by atoms with van der Waals surface area (Å²) in [5, 5.41) is 0. The molecule has 0 saturated carbocycles. The number of rotatable bonds is 6. The molecule has 1 heterocycles. The number of aromatic nitrogens is 2. The largest absolute Gasteiger partial charge is 0.486 e. The molecule has 2 aromatic rings. The minimum atomic E-state index is -0.486. The van der Waals surface area contributed by atoms with Gasteiger partial charge in [-0.1, -0.05) is 6.08 Å². The van der Waals surface area contributed by atoms with E-state index in [1.807, 2.05) is 0 Å². The molecule has 0 radical (unpaired) electrons. The lowest BCUT2D eigenvalue weighted by Crippen LogP contribution is -2.38. The van der Waals surface area contributed by atoms with Crippen molar-refractivity contribution >= 4 is 21.9 Å². The van der Waals surface area contributed by atoms with Crippen LogP contribution < -0.4 is 16.0 Å². The van der Waals surface area contributed by atoms with Gasteiger partial charge in [-0.2, -0.15) is 0 Å². The van der Waals surface area contributed by atoms with Gasteiger partial charge < -0.3 is 9.47 Å². The first-order valence-electron chi connectivity index (χ1n) is 7.71. The number of nitrogens with zero attached hydrogens (tertiary/aromatic N) is 2. The van der Waals surface area contributed by atoms with Crippen LogP contribution in [0.4, 0.5) is 0 Å². The molecule has 0 spiro atoms. The van der Waals surface area contributed by atoms with Crippen LogP contribution in [0.1, 0.15) is 21.6 Å². The average molecular weight is 423 g/mol. The first-order valence-corrected chi connectivity index (χ1v) is 8.50. The maximum atomic E-state index is 12.0. The summed E-state index contributed by atoms with van der Waals surface area (Å²) in [6, 6.07) is 4.65. The standard InChI is InChI=1S/C18H19BrN2O5/c1-5-6-12-13(17(23)25-4)7-8-14(19)16(12)26-10-11-9-15(22)21(3)18(24)20(11)2/h5,7-9H,1,6,10H2,2-4H3. The lowest BCUT2D eigenvalue weighted by molar-refractivity contribution is 0.0599. The third kappa shape index (κ3) is 3.80. The second-order valence-corrected chi connectivity index (χ2v) is 6.40. The van der Waals surface area contributed by atoms with Gasteiger partial charge in [-0.25, -0.2) is 9.59 Å². The van der Waals surface area contributed by atoms with Crippen molar-refractivity contribution in [2.24, 2.45) is 14.1 Å². The summed E-state index contributed by atoms with van der Waals surface area (Å²) < 4.78 is 13.7. The van der Waals surface area contributed by atoms with Gasteiger partial charge in [-0.3, -0.25) is 13.9 Å². The highest BCUT2D eigenvalue weighted by Gasteiger charge is 2.19. The van der Waals surface area contributed by atoms with E-state index < -0.39 is 17.2 Å². The number of hydrogen-bond donors (Lipinski definition) is 0. The maximum Gasteiger partial charge on any atom is 0.338 e. The van der Waals surface area contributed by atoms with Crippen molar-refractivity contribution in [3.8, 4) is 5.75 Å². The van der Waals surface area contributed by atoms with E-state index in [-0.39, 0.29) is 6.61 Å². The first kappa shape index (κ1) is 19.7. The van der Waals surface area contributed by atoms with Gasteiger partial charge in [0, 0.05) is 25.7 Å². The van der Waals surface area contributed by atoms with Crippen molar-refractivity contribution in [2.45, 2.75) is 13.0 Å². The topological polar surface area (TPSA) is 79.5 Å². The molecule has 1 aromatic heterocycles. The third-order valence-corrected chi connectivity index (χ3v) is 4.58. The Bertz CT molecular complexity index is 975. The van der Waals surface area contributed by atoms with Gasteiger partial charge in [0.05, 0.1) is 22.8 Å². The quantitative estimate of drug-likeness (QED) is 0.524. The molecule has 0 aliphatic heterocycles. The molecule has 0 atom stereocenters. The fraction of sp³-hybridized carbons (Fsp3) is 0.278. The third-order valence-electron chi connectivity index (χ3n) is 3.96. The van der Waals surface area contributed by atoms with Crippen molar-refractivity contribution in [1.29, 1.82) is 0 Å². The normalized spacial score (nSPS) is 10.5. The minimum Gasteiger partial charge on any atom is -0.486 e. The Morgan fingerprint density at radius 3 is 2.58 bits per heavy atom. The number of carbonyl (C=O) groups excluding carboxylic acids is 1. The number of halogens is 1. The summed E-state index contributed by atoms with van der Waals surface area (Å²) in [7, 11) is 4.27. The molecule has 0 unspecified atom stereocenters. The Balaban J connectivity index is 2.47. The fourth-order valence-electron chi connectivity index (χ4n) is 2.47. The zero-order valence-corrected chi connectivity index (χ0v) is 16.3. The number of methoxy groups -OCH3 is 1. The highest BCUT2D eigenvalue weighted by atomic mass is 79.9. The van der Waals surface area contributed by atoms with Crippen LogP contribution in [0.5, 0.6) is 5.75 Å². The summed E-state index contributed by atoms with van der Waals surface area (Å²) in [6.45, 7) is 3.69. The SMILES string of the molecule is C=CCc1c(C(=O)OC)ccc(Br)c1OCc1cc(=O)n(C)c(=O)n1C. The molecule has 0 bridgehead atoms. The van der Waals surface area contributed by atoms with Crippen LogP contribution in [0.25, 0.3) is 0 Å². The summed E-state index contributed by atoms with van der Waals surface area (Å²) in [6.07, 6.45) is 2.03. The Kier molecular flexibility index (Phi) is 6.20. The molecule has 7 nitrogen and oxygen atoms in total. The fourth-order valence-corrected chi connectivity index (χ4v) is 2.95. The van der Waals surface area contributed by atoms with Crippen LogP contribution in [0, 0.1) is 0 Å². The predicted octanol–water partition coefficient (Wildman–Crippen LogP) is 1.94. The lowest BCUT2D eigenvalue weighted by atomic mass is 10.0. The molecule has 0 N–H and O–H groups in total. The van der Waals surface area contributed by atoms with Crippen molar-refractivity contribution in [1.82, 2.24) is 9.13 Å². The van der Waals surface area contributed by atoms with Crippen molar-refractivity contribution < 1.29 is 14.3 Å². The van der Waals surface area contributed by atoms with Crippen LogP contribution in [-0.2, 0) is 31.9 Å². The second kappa shape index (κ2) is 8.18. The van der Waals surface area contributed by atoms with Crippen molar-refractivity contribution in [3.63, 3.8) is 0 Å². The summed E-state index contributed by atoms with van der Waals surface area (Å²) in [4.78, 5) is 35.9. The van der Waals surface area contributed by atoms with Crippen LogP contribution >= 0.6 is 15.9 Å². The molecule has 0 aliphatic carbocycles. The van der Waals surface area contributed by atoms with Crippen molar-refractivity contribution in [3.05, 3.63) is 73.0 Å². The maximum absolute atomic E-state index is 12.0. The van der Waals surface area contributed by atoms with E-state index in [1.165, 1.54) is 24.8 Å². The van der Waals surface area contributed by atoms with Crippen LogP contribution in [-0.4, -0.2) is 22.2 Å². The van der Waals surface area contributed by atoms with Crippen LogP contribution in [0.3, 0.4) is 0 Å². The molecule has 1 aromatic carbocycles. The molecule has 2 rings (SSSR count). The molecular formula is C18H19BrN2O5. The molecule has 8 heteroatoms. The zero-order chi connectivity index (χ0) is 19.4. The van der Waals surface area contributed by atoms with E-state index in [4.69, 9.17) is 9.47 Å². The number of esters is 1. The Labute approximate surface area is 158 Å². The summed E-state index contributed by atoms with van der Waals surface area (Å²) >= 11 is 3.41. The molecule has 0 aliphatic rings. The number of carbonyl (C=O) groups is 1. The van der Waals surface area contributed by atoms with Crippen LogP contribution in [0.15, 0.2) is 44.9 Å². The Hall–Kier alpha value is -2.61. The van der Waals surface area contributed by atoms with Gasteiger partial charge in [0.2, 0.25) is 0 Å². The highest BCUT2D eigenvalue weighted by molar-refractivity contribution is 9.10. The zero-order valence-electron chi connectivity index (χ0n) is 14.7. The average Bonchev–Trinajstić information content (AvgIpc) is 2.63. The van der Waals surface area contributed by atoms with E-state index in [2.05, 4.69) is 22.5 Å². The van der Waals surface area contributed by atoms with Gasteiger partial charge in [-0.15, -0.1) is 6.58 Å². The Morgan fingerprint density at radius 1 is 1.27 bits per heavy atom. The second-order valence-electron chi connectivity index (χ2n) is 5.55. The lowest BCUT2D eigenvalue weighted by Gasteiger charge is -2.17. The van der Waals surface area contributed by atoms with E-state index in [0.29, 0.717) is 33.5 Å². The van der Waals surface area contributed by atoms with E-state index in [1.54, 1.807) is 25.3 Å². The molecule has 0 saturated heterocycles. The molecular weight excluding hydrogens is 404 g/mol. The van der Waals surface area contributed by atoms with Gasteiger partial charge in [0.15, 0.2) is 0 Å². The molecule has 0 fully saturated rings. The molecule has 138 valence electrons. The van der Waals surface area contributed by atoms with Crippen LogP contribution in [0.2, 0.25) is 0 Å². The summed E-state index contributed by atoms with van der Waals surface area (Å²) in [5.41, 5.74) is 0.529. The van der Waals surface area contributed by atoms with E-state index >= 15 is 0 Å². The Morgan fingerprint density at radius 2 is 1.96 bits per heavy atom. The van der Waals surface area contributed by atoms with E-state index in [9.17, 15) is 14.4 Å². The van der Waals surface area contributed by atoms with Gasteiger partial charge >= 0.3 is 11.7 Å². The smallest absolute Gasteiger partial charge is 0.338 e. The van der Waals surface area contributed by atoms with Gasteiger partial charge in [-0.05, 0) is 34.5 Å². The first-order chi connectivity index (χ1) is 12.3. The summed E-state index contributed by atoms with van der Waals surface area (Å²) in [5.74, 6) is -0.0545. The number of hydrogen-bond acceptors (Lipinski definition) is 5. The highest BCUT2D eigenvalue weighted by Crippen LogP contribution is 2.33. The molecule has 0 amide bonds. The number of allylic oxidation sites excluding steroid dienone is 1.